The lowest BCUT2D eigenvalue weighted by Gasteiger charge is -2.34. The summed E-state index contributed by atoms with van der Waals surface area (Å²) >= 11 is 0. The number of aliphatic hydroxyl groups is 1. The van der Waals surface area contributed by atoms with Crippen molar-refractivity contribution in [3.63, 3.8) is 0 Å². The van der Waals surface area contributed by atoms with Crippen molar-refractivity contribution in [3.05, 3.63) is 23.8 Å². The first kappa shape index (κ1) is 16.5. The summed E-state index contributed by atoms with van der Waals surface area (Å²) in [6, 6.07) is 5.95. The zero-order chi connectivity index (χ0) is 16.1. The maximum atomic E-state index is 10.8. The Morgan fingerprint density at radius 3 is 3.17 bits per heavy atom. The minimum Gasteiger partial charge on any atom is -0.493 e. The summed E-state index contributed by atoms with van der Waals surface area (Å²) in [7, 11) is 1.66. The standard InChI is InChI=1S/C17H26N2O4/c1-21-15-5-2-4-14-10-19(7-3-8-23-16(14)15)12-17(20)11-18-6-9-22-13-17/h2,4-5,18,20H,3,6-13H2,1H3/t17-/m1/s1. The summed E-state index contributed by atoms with van der Waals surface area (Å²) in [6.45, 7) is 5.22. The molecule has 0 amide bonds. The molecule has 1 fully saturated rings. The third kappa shape index (κ3) is 4.14. The molecule has 1 aromatic carbocycles. The van der Waals surface area contributed by atoms with Crippen molar-refractivity contribution in [3.8, 4) is 11.5 Å². The zero-order valence-corrected chi connectivity index (χ0v) is 13.7. The molecular weight excluding hydrogens is 296 g/mol. The van der Waals surface area contributed by atoms with Crippen LogP contribution in [0, 0.1) is 0 Å². The van der Waals surface area contributed by atoms with Crippen LogP contribution >= 0.6 is 0 Å². The molecule has 0 saturated carbocycles. The summed E-state index contributed by atoms with van der Waals surface area (Å²) in [5, 5.41) is 14.1. The average molecular weight is 322 g/mol. The van der Waals surface area contributed by atoms with E-state index in [-0.39, 0.29) is 0 Å². The van der Waals surface area contributed by atoms with E-state index in [2.05, 4.69) is 16.3 Å². The first-order valence-corrected chi connectivity index (χ1v) is 8.22. The van der Waals surface area contributed by atoms with Crippen LogP contribution < -0.4 is 14.8 Å². The second-order valence-corrected chi connectivity index (χ2v) is 6.31. The summed E-state index contributed by atoms with van der Waals surface area (Å²) < 4.78 is 16.8. The first-order valence-electron chi connectivity index (χ1n) is 8.22. The van der Waals surface area contributed by atoms with Gasteiger partial charge in [0, 0.05) is 38.3 Å². The van der Waals surface area contributed by atoms with E-state index in [1.807, 2.05) is 12.1 Å². The molecule has 1 atom stereocenters. The van der Waals surface area contributed by atoms with Gasteiger partial charge in [-0.3, -0.25) is 4.90 Å². The fraction of sp³-hybridized carbons (Fsp3) is 0.647. The highest BCUT2D eigenvalue weighted by Gasteiger charge is 2.32. The molecule has 128 valence electrons. The highest BCUT2D eigenvalue weighted by Crippen LogP contribution is 2.33. The number of benzene rings is 1. The SMILES string of the molecule is COc1cccc2c1OCCCN(C[C@]1(O)CNCCOC1)C2. The second-order valence-electron chi connectivity index (χ2n) is 6.31. The van der Waals surface area contributed by atoms with Crippen molar-refractivity contribution in [1.82, 2.24) is 10.2 Å². The number of nitrogens with one attached hydrogen (secondary N) is 1. The number of para-hydroxylation sites is 1. The third-order valence-corrected chi connectivity index (χ3v) is 4.31. The number of methoxy groups -OCH3 is 1. The van der Waals surface area contributed by atoms with Crippen molar-refractivity contribution in [2.24, 2.45) is 0 Å². The van der Waals surface area contributed by atoms with Crippen molar-refractivity contribution >= 4 is 0 Å². The van der Waals surface area contributed by atoms with Crippen LogP contribution in [0.1, 0.15) is 12.0 Å². The number of β-amino-alcohol motifs (C(OH)–C–C–N with tert-alkyl or cyclic N) is 1. The Morgan fingerprint density at radius 1 is 1.39 bits per heavy atom. The van der Waals surface area contributed by atoms with Gasteiger partial charge in [0.15, 0.2) is 11.5 Å². The number of nitrogens with zero attached hydrogens (tertiary/aromatic N) is 1. The van der Waals surface area contributed by atoms with E-state index in [0.29, 0.717) is 32.9 Å². The van der Waals surface area contributed by atoms with E-state index < -0.39 is 5.60 Å². The van der Waals surface area contributed by atoms with E-state index in [1.165, 1.54) is 0 Å². The Kier molecular flexibility index (Phi) is 5.38. The van der Waals surface area contributed by atoms with Crippen molar-refractivity contribution in [2.75, 3.05) is 53.1 Å². The van der Waals surface area contributed by atoms with Gasteiger partial charge in [0.2, 0.25) is 0 Å². The molecular formula is C17H26N2O4. The fourth-order valence-electron chi connectivity index (χ4n) is 3.22. The molecule has 0 aliphatic carbocycles. The van der Waals surface area contributed by atoms with Crippen LogP contribution in [0.5, 0.6) is 11.5 Å². The van der Waals surface area contributed by atoms with E-state index in [1.54, 1.807) is 7.11 Å². The summed E-state index contributed by atoms with van der Waals surface area (Å²) in [5.41, 5.74) is 0.241. The number of ether oxygens (including phenoxy) is 3. The van der Waals surface area contributed by atoms with E-state index in [9.17, 15) is 5.11 Å². The molecule has 1 aromatic rings. The predicted octanol–water partition coefficient (Wildman–Crippen LogP) is 0.631. The van der Waals surface area contributed by atoms with E-state index in [4.69, 9.17) is 14.2 Å². The van der Waals surface area contributed by atoms with Crippen LogP contribution in [-0.4, -0.2) is 68.7 Å². The zero-order valence-electron chi connectivity index (χ0n) is 13.7. The second kappa shape index (κ2) is 7.49. The Balaban J connectivity index is 1.75. The molecule has 2 aliphatic rings. The molecule has 6 nitrogen and oxygen atoms in total. The molecule has 3 rings (SSSR count). The van der Waals surface area contributed by atoms with Gasteiger partial charge in [-0.15, -0.1) is 0 Å². The molecule has 1 saturated heterocycles. The van der Waals surface area contributed by atoms with Gasteiger partial charge < -0.3 is 24.6 Å². The van der Waals surface area contributed by atoms with Crippen LogP contribution in [0.2, 0.25) is 0 Å². The van der Waals surface area contributed by atoms with E-state index in [0.717, 1.165) is 43.1 Å². The Labute approximate surface area is 137 Å². The van der Waals surface area contributed by atoms with Crippen LogP contribution in [0.4, 0.5) is 0 Å². The van der Waals surface area contributed by atoms with Crippen LogP contribution in [0.3, 0.4) is 0 Å². The Bertz CT molecular complexity index is 515. The quantitative estimate of drug-likeness (QED) is 0.851. The lowest BCUT2D eigenvalue weighted by atomic mass is 10.0. The highest BCUT2D eigenvalue weighted by molar-refractivity contribution is 5.46. The summed E-state index contributed by atoms with van der Waals surface area (Å²) in [5.74, 6) is 1.59. The highest BCUT2D eigenvalue weighted by atomic mass is 16.5. The minimum absolute atomic E-state index is 0.373. The van der Waals surface area contributed by atoms with Crippen LogP contribution in [0.15, 0.2) is 18.2 Å². The van der Waals surface area contributed by atoms with Crippen molar-refractivity contribution in [1.29, 1.82) is 0 Å². The van der Waals surface area contributed by atoms with Gasteiger partial charge in [-0.25, -0.2) is 0 Å². The molecule has 0 spiro atoms. The monoisotopic (exact) mass is 322 g/mol. The maximum absolute atomic E-state index is 10.8. The van der Waals surface area contributed by atoms with Gasteiger partial charge >= 0.3 is 0 Å². The molecule has 0 radical (unpaired) electrons. The smallest absolute Gasteiger partial charge is 0.165 e. The van der Waals surface area contributed by atoms with Gasteiger partial charge in [-0.05, 0) is 12.5 Å². The largest absolute Gasteiger partial charge is 0.493 e. The molecule has 6 heteroatoms. The lowest BCUT2D eigenvalue weighted by molar-refractivity contribution is -0.0514. The summed E-state index contributed by atoms with van der Waals surface area (Å²) in [6.07, 6.45) is 0.919. The molecule has 0 aromatic heterocycles. The van der Waals surface area contributed by atoms with Gasteiger partial charge in [0.1, 0.15) is 5.60 Å². The van der Waals surface area contributed by atoms with Gasteiger partial charge in [0.05, 0.1) is 26.9 Å². The number of rotatable bonds is 3. The average Bonchev–Trinajstić information content (AvgIpc) is 2.74. The number of fused-ring (bicyclic) bond motifs is 1. The van der Waals surface area contributed by atoms with E-state index >= 15 is 0 Å². The number of hydrogen-bond donors (Lipinski definition) is 2. The predicted molar refractivity (Wildman–Crippen MR) is 87.0 cm³/mol. The summed E-state index contributed by atoms with van der Waals surface area (Å²) in [4.78, 5) is 2.27. The molecule has 2 heterocycles. The van der Waals surface area contributed by atoms with Gasteiger partial charge in [-0.2, -0.15) is 0 Å². The topological polar surface area (TPSA) is 63.2 Å². The maximum Gasteiger partial charge on any atom is 0.165 e. The lowest BCUT2D eigenvalue weighted by Crippen LogP contribution is -2.51. The molecule has 23 heavy (non-hydrogen) atoms. The van der Waals surface area contributed by atoms with Crippen LogP contribution in [-0.2, 0) is 11.3 Å². The van der Waals surface area contributed by atoms with Crippen LogP contribution in [0.25, 0.3) is 0 Å². The molecule has 0 bridgehead atoms. The number of hydrogen-bond acceptors (Lipinski definition) is 6. The third-order valence-electron chi connectivity index (χ3n) is 4.31. The fourth-order valence-corrected chi connectivity index (χ4v) is 3.22. The Morgan fingerprint density at radius 2 is 2.30 bits per heavy atom. The first-order chi connectivity index (χ1) is 11.2. The molecule has 2 N–H and O–H groups in total. The van der Waals surface area contributed by atoms with Crippen molar-refractivity contribution in [2.45, 2.75) is 18.6 Å². The minimum atomic E-state index is -0.852. The Hall–Kier alpha value is -1.34. The normalized spacial score (nSPS) is 26.3. The van der Waals surface area contributed by atoms with Gasteiger partial charge in [-0.1, -0.05) is 12.1 Å². The molecule has 0 unspecified atom stereocenters. The van der Waals surface area contributed by atoms with Crippen molar-refractivity contribution < 1.29 is 19.3 Å². The van der Waals surface area contributed by atoms with Gasteiger partial charge in [0.25, 0.3) is 0 Å². The molecule has 2 aliphatic heterocycles.